The van der Waals surface area contributed by atoms with Gasteiger partial charge in [0.25, 0.3) is 5.91 Å². The van der Waals surface area contributed by atoms with Crippen LogP contribution in [0.25, 0.3) is 6.08 Å². The van der Waals surface area contributed by atoms with Gasteiger partial charge in [0.05, 0.1) is 14.2 Å². The number of aromatic nitrogens is 2. The van der Waals surface area contributed by atoms with Gasteiger partial charge in [0.15, 0.2) is 11.5 Å². The molecule has 1 N–H and O–H groups in total. The van der Waals surface area contributed by atoms with Gasteiger partial charge >= 0.3 is 0 Å². The van der Waals surface area contributed by atoms with Crippen molar-refractivity contribution in [1.29, 1.82) is 5.26 Å². The first-order valence-electron chi connectivity index (χ1n) is 10.4. The van der Waals surface area contributed by atoms with Crippen LogP contribution in [0.4, 0.5) is 5.13 Å². The lowest BCUT2D eigenvalue weighted by atomic mass is 10.1. The Morgan fingerprint density at radius 3 is 2.41 bits per heavy atom. The molecule has 3 aromatic rings. The normalized spacial score (nSPS) is 10.8. The third-order valence-electron chi connectivity index (χ3n) is 4.52. The molecule has 0 fully saturated rings. The zero-order valence-corrected chi connectivity index (χ0v) is 19.8. The van der Waals surface area contributed by atoms with Gasteiger partial charge in [0, 0.05) is 0 Å². The van der Waals surface area contributed by atoms with E-state index in [-0.39, 0.29) is 5.57 Å². The van der Waals surface area contributed by atoms with Crippen molar-refractivity contribution in [3.8, 4) is 29.1 Å². The fraction of sp³-hybridized carbons (Fsp3) is 0.250. The van der Waals surface area contributed by atoms with E-state index in [1.807, 2.05) is 37.3 Å². The fourth-order valence-corrected chi connectivity index (χ4v) is 3.48. The lowest BCUT2D eigenvalue weighted by Crippen LogP contribution is -2.13. The van der Waals surface area contributed by atoms with Gasteiger partial charge in [-0.05, 0) is 54.5 Å². The van der Waals surface area contributed by atoms with Gasteiger partial charge in [-0.1, -0.05) is 24.3 Å². The van der Waals surface area contributed by atoms with Crippen molar-refractivity contribution < 1.29 is 23.7 Å². The highest BCUT2D eigenvalue weighted by Crippen LogP contribution is 2.29. The molecule has 2 aromatic carbocycles. The van der Waals surface area contributed by atoms with Crippen LogP contribution in [0, 0.1) is 11.3 Å². The van der Waals surface area contributed by atoms with E-state index in [2.05, 4.69) is 15.5 Å². The summed E-state index contributed by atoms with van der Waals surface area (Å²) in [5.74, 6) is 1.88. The number of nitrogens with zero attached hydrogens (tertiary/aromatic N) is 3. The zero-order chi connectivity index (χ0) is 24.3. The van der Waals surface area contributed by atoms with Crippen molar-refractivity contribution in [1.82, 2.24) is 10.2 Å². The lowest BCUT2D eigenvalue weighted by molar-refractivity contribution is -0.112. The van der Waals surface area contributed by atoms with Gasteiger partial charge in [-0.2, -0.15) is 5.26 Å². The summed E-state index contributed by atoms with van der Waals surface area (Å²) in [6.45, 7) is 2.58. The number of hydrogen-bond donors (Lipinski definition) is 1. The largest absolute Gasteiger partial charge is 0.497 e. The molecule has 0 atom stereocenters. The molecule has 0 bridgehead atoms. The number of benzene rings is 2. The molecule has 1 heterocycles. The Kier molecular flexibility index (Phi) is 8.82. The topological polar surface area (TPSA) is 116 Å². The maximum Gasteiger partial charge on any atom is 0.268 e. The zero-order valence-electron chi connectivity index (χ0n) is 19.0. The maximum atomic E-state index is 12.5. The lowest BCUT2D eigenvalue weighted by Gasteiger charge is -2.12. The third kappa shape index (κ3) is 6.70. The Morgan fingerprint density at radius 2 is 1.76 bits per heavy atom. The molecular weight excluding hydrogens is 456 g/mol. The molecule has 0 aliphatic heterocycles. The van der Waals surface area contributed by atoms with Gasteiger partial charge in [0.1, 0.15) is 41.4 Å². The summed E-state index contributed by atoms with van der Waals surface area (Å²) >= 11 is 1.27. The van der Waals surface area contributed by atoms with E-state index in [1.54, 1.807) is 25.3 Å². The molecule has 0 aliphatic rings. The average Bonchev–Trinajstić information content (AvgIpc) is 3.33. The van der Waals surface area contributed by atoms with Gasteiger partial charge in [0.2, 0.25) is 5.13 Å². The summed E-state index contributed by atoms with van der Waals surface area (Å²) in [4.78, 5) is 12.5. The number of ether oxygens (including phenoxy) is 4. The number of amides is 1. The summed E-state index contributed by atoms with van der Waals surface area (Å²) in [7, 11) is 3.12. The van der Waals surface area contributed by atoms with Gasteiger partial charge < -0.3 is 18.9 Å². The first-order chi connectivity index (χ1) is 16.6. The Balaban J connectivity index is 1.60. The monoisotopic (exact) mass is 480 g/mol. The molecule has 0 saturated heterocycles. The molecule has 1 amide bonds. The maximum absolute atomic E-state index is 12.5. The Labute approximate surface area is 201 Å². The molecule has 9 nitrogen and oxygen atoms in total. The highest BCUT2D eigenvalue weighted by atomic mass is 32.1. The summed E-state index contributed by atoms with van der Waals surface area (Å²) < 4.78 is 21.9. The average molecular weight is 481 g/mol. The minimum Gasteiger partial charge on any atom is -0.497 e. The SMILES string of the molecule is CCc1nnc(NC(=O)/C(C#N)=C\c2ccc(OCCOc3ccc(OC)cc3)c(OC)c2)s1. The molecule has 0 unspecified atom stereocenters. The summed E-state index contributed by atoms with van der Waals surface area (Å²) in [6, 6.07) is 14.3. The van der Waals surface area contributed by atoms with E-state index in [1.165, 1.54) is 24.5 Å². The Hall–Kier alpha value is -4.10. The van der Waals surface area contributed by atoms with Crippen LogP contribution in [-0.2, 0) is 11.2 Å². The van der Waals surface area contributed by atoms with Crippen LogP contribution in [0.3, 0.4) is 0 Å². The number of nitrogens with one attached hydrogen (secondary N) is 1. The second-order valence-corrected chi connectivity index (χ2v) is 7.82. The minimum atomic E-state index is -0.559. The second-order valence-electron chi connectivity index (χ2n) is 6.76. The van der Waals surface area contributed by atoms with Gasteiger partial charge in [-0.25, -0.2) is 0 Å². The number of carbonyl (C=O) groups excluding carboxylic acids is 1. The number of carbonyl (C=O) groups is 1. The molecular formula is C24H24N4O5S. The van der Waals surface area contributed by atoms with E-state index in [0.717, 1.165) is 17.2 Å². The number of rotatable bonds is 11. The van der Waals surface area contributed by atoms with Crippen molar-refractivity contribution in [2.45, 2.75) is 13.3 Å². The molecule has 0 radical (unpaired) electrons. The quantitative estimate of drug-likeness (QED) is 0.248. The molecule has 34 heavy (non-hydrogen) atoms. The van der Waals surface area contributed by atoms with Gasteiger partial charge in [-0.15, -0.1) is 10.2 Å². The molecule has 0 spiro atoms. The molecule has 10 heteroatoms. The van der Waals surface area contributed by atoms with E-state index in [9.17, 15) is 10.1 Å². The van der Waals surface area contributed by atoms with E-state index in [4.69, 9.17) is 18.9 Å². The third-order valence-corrected chi connectivity index (χ3v) is 5.51. The standard InChI is InChI=1S/C24H24N4O5S/c1-4-22-27-28-24(34-22)26-23(29)17(15-25)13-16-5-10-20(21(14-16)31-3)33-12-11-32-19-8-6-18(30-2)7-9-19/h5-10,13-14H,4,11-12H2,1-3H3,(H,26,28,29)/b17-13-. The van der Waals surface area contributed by atoms with E-state index < -0.39 is 5.91 Å². The predicted molar refractivity (Wildman–Crippen MR) is 128 cm³/mol. The molecule has 176 valence electrons. The van der Waals surface area contributed by atoms with Crippen molar-refractivity contribution in [3.63, 3.8) is 0 Å². The predicted octanol–water partition coefficient (Wildman–Crippen LogP) is 4.12. The van der Waals surface area contributed by atoms with Crippen LogP contribution in [0.2, 0.25) is 0 Å². The molecule has 3 rings (SSSR count). The van der Waals surface area contributed by atoms with Crippen molar-refractivity contribution in [2.24, 2.45) is 0 Å². The Bertz CT molecular complexity index is 1180. The van der Waals surface area contributed by atoms with Crippen LogP contribution in [0.5, 0.6) is 23.0 Å². The van der Waals surface area contributed by atoms with Crippen molar-refractivity contribution >= 4 is 28.5 Å². The highest BCUT2D eigenvalue weighted by Gasteiger charge is 2.13. The summed E-state index contributed by atoms with van der Waals surface area (Å²) in [5.41, 5.74) is 0.536. The summed E-state index contributed by atoms with van der Waals surface area (Å²) in [5, 5.41) is 21.0. The van der Waals surface area contributed by atoms with Crippen LogP contribution >= 0.6 is 11.3 Å². The van der Waals surface area contributed by atoms with Gasteiger partial charge in [-0.3, -0.25) is 10.1 Å². The van der Waals surface area contributed by atoms with Crippen LogP contribution in [-0.4, -0.2) is 43.5 Å². The summed E-state index contributed by atoms with van der Waals surface area (Å²) in [6.07, 6.45) is 2.19. The van der Waals surface area contributed by atoms with Crippen molar-refractivity contribution in [2.75, 3.05) is 32.8 Å². The minimum absolute atomic E-state index is 0.0724. The number of nitriles is 1. The van der Waals surface area contributed by atoms with E-state index >= 15 is 0 Å². The fourth-order valence-electron chi connectivity index (χ4n) is 2.80. The second kappa shape index (κ2) is 12.2. The first-order valence-corrected chi connectivity index (χ1v) is 11.2. The smallest absolute Gasteiger partial charge is 0.268 e. The number of anilines is 1. The number of aryl methyl sites for hydroxylation is 1. The van der Waals surface area contributed by atoms with Crippen LogP contribution in [0.1, 0.15) is 17.5 Å². The molecule has 0 aliphatic carbocycles. The number of methoxy groups -OCH3 is 2. The van der Waals surface area contributed by atoms with Crippen LogP contribution in [0.15, 0.2) is 48.0 Å². The Morgan fingerprint density at radius 1 is 1.03 bits per heavy atom. The number of hydrogen-bond acceptors (Lipinski definition) is 9. The van der Waals surface area contributed by atoms with Crippen LogP contribution < -0.4 is 24.3 Å². The highest BCUT2D eigenvalue weighted by molar-refractivity contribution is 7.15. The first kappa shape index (κ1) is 24.5. The molecule has 0 saturated carbocycles. The van der Waals surface area contributed by atoms with Crippen molar-refractivity contribution in [3.05, 3.63) is 58.6 Å². The van der Waals surface area contributed by atoms with E-state index in [0.29, 0.717) is 41.2 Å². The molecule has 1 aromatic heterocycles.